The zero-order valence-corrected chi connectivity index (χ0v) is 10.4. The minimum Gasteiger partial charge on any atom is -0.481 e. The second-order valence-corrected chi connectivity index (χ2v) is 4.70. The molecule has 104 valence electrons. The molecule has 0 saturated heterocycles. The van der Waals surface area contributed by atoms with Crippen molar-refractivity contribution in [2.45, 2.75) is 12.8 Å². The van der Waals surface area contributed by atoms with Crippen LogP contribution in [0.15, 0.2) is 18.2 Å². The van der Waals surface area contributed by atoms with E-state index in [1.807, 2.05) is 0 Å². The van der Waals surface area contributed by atoms with Gasteiger partial charge in [-0.2, -0.15) is 5.26 Å². The van der Waals surface area contributed by atoms with E-state index in [1.54, 1.807) is 6.07 Å². The largest absolute Gasteiger partial charge is 0.481 e. The number of aliphatic carboxylic acids is 1. The van der Waals surface area contributed by atoms with E-state index < -0.39 is 23.2 Å². The topological polar surface area (TPSA) is 102 Å². The molecule has 0 unspecified atom stereocenters. The summed E-state index contributed by atoms with van der Waals surface area (Å²) >= 11 is 0. The van der Waals surface area contributed by atoms with Crippen molar-refractivity contribution in [2.24, 2.45) is 5.41 Å². The Morgan fingerprint density at radius 1 is 1.45 bits per heavy atom. The maximum atomic E-state index is 13.5. The molecule has 20 heavy (non-hydrogen) atoms. The van der Waals surface area contributed by atoms with Gasteiger partial charge >= 0.3 is 12.0 Å². The second kappa shape index (κ2) is 5.17. The van der Waals surface area contributed by atoms with E-state index in [2.05, 4.69) is 10.6 Å². The molecule has 1 aromatic carbocycles. The maximum absolute atomic E-state index is 13.5. The van der Waals surface area contributed by atoms with E-state index >= 15 is 0 Å². The lowest BCUT2D eigenvalue weighted by molar-refractivity contribution is -0.143. The number of hydrogen-bond donors (Lipinski definition) is 3. The van der Waals surface area contributed by atoms with Crippen molar-refractivity contribution in [3.63, 3.8) is 0 Å². The molecule has 1 fully saturated rings. The fourth-order valence-electron chi connectivity index (χ4n) is 1.72. The summed E-state index contributed by atoms with van der Waals surface area (Å²) in [5.41, 5.74) is -0.793. The summed E-state index contributed by atoms with van der Waals surface area (Å²) < 4.78 is 13.5. The Hall–Kier alpha value is -2.62. The first-order valence-electron chi connectivity index (χ1n) is 5.95. The van der Waals surface area contributed by atoms with Gasteiger partial charge in [-0.25, -0.2) is 9.18 Å². The summed E-state index contributed by atoms with van der Waals surface area (Å²) in [7, 11) is 0. The first-order valence-corrected chi connectivity index (χ1v) is 5.95. The van der Waals surface area contributed by atoms with E-state index in [1.165, 1.54) is 12.1 Å². The second-order valence-electron chi connectivity index (χ2n) is 4.70. The average molecular weight is 277 g/mol. The highest BCUT2D eigenvalue weighted by atomic mass is 19.1. The van der Waals surface area contributed by atoms with Crippen LogP contribution in [0.25, 0.3) is 0 Å². The van der Waals surface area contributed by atoms with Crippen molar-refractivity contribution in [3.8, 4) is 6.07 Å². The molecule has 0 aliphatic heterocycles. The molecule has 1 aliphatic carbocycles. The van der Waals surface area contributed by atoms with Gasteiger partial charge in [0.25, 0.3) is 0 Å². The van der Waals surface area contributed by atoms with Crippen LogP contribution in [0.4, 0.5) is 14.9 Å². The van der Waals surface area contributed by atoms with Crippen LogP contribution in [0.3, 0.4) is 0 Å². The van der Waals surface area contributed by atoms with Crippen LogP contribution in [0.2, 0.25) is 0 Å². The number of amides is 2. The van der Waals surface area contributed by atoms with Crippen LogP contribution in [-0.4, -0.2) is 23.7 Å². The van der Waals surface area contributed by atoms with Gasteiger partial charge in [0.1, 0.15) is 5.82 Å². The molecule has 0 heterocycles. The first kappa shape index (κ1) is 13.8. The Labute approximate surface area is 114 Å². The molecule has 3 N–H and O–H groups in total. The number of carbonyl (C=O) groups is 2. The van der Waals surface area contributed by atoms with Crippen LogP contribution in [-0.2, 0) is 4.79 Å². The monoisotopic (exact) mass is 277 g/mol. The van der Waals surface area contributed by atoms with Crippen LogP contribution >= 0.6 is 0 Å². The van der Waals surface area contributed by atoms with Gasteiger partial charge in [0.2, 0.25) is 0 Å². The predicted molar refractivity (Wildman–Crippen MR) is 67.4 cm³/mol. The summed E-state index contributed by atoms with van der Waals surface area (Å²) in [5.74, 6) is -1.67. The Balaban J connectivity index is 1.92. The highest BCUT2D eigenvalue weighted by Gasteiger charge is 2.50. The van der Waals surface area contributed by atoms with Gasteiger partial charge in [-0.3, -0.25) is 4.79 Å². The summed E-state index contributed by atoms with van der Waals surface area (Å²) in [6.45, 7) is 0.00602. The fourth-order valence-corrected chi connectivity index (χ4v) is 1.72. The van der Waals surface area contributed by atoms with Gasteiger partial charge in [0.05, 0.1) is 22.7 Å². The first-order chi connectivity index (χ1) is 9.47. The molecule has 0 radical (unpaired) electrons. The molecule has 0 atom stereocenters. The third kappa shape index (κ3) is 2.85. The number of nitrogens with one attached hydrogen (secondary N) is 2. The summed E-state index contributed by atoms with van der Waals surface area (Å²) in [5, 5.41) is 22.2. The van der Waals surface area contributed by atoms with Gasteiger partial charge in [0.15, 0.2) is 0 Å². The summed E-state index contributed by atoms with van der Waals surface area (Å²) in [4.78, 5) is 22.5. The van der Waals surface area contributed by atoms with Crippen molar-refractivity contribution in [3.05, 3.63) is 29.6 Å². The Bertz CT molecular complexity index is 605. The molecular formula is C13H12FN3O3. The zero-order chi connectivity index (χ0) is 14.8. The average Bonchev–Trinajstić information content (AvgIpc) is 3.20. The maximum Gasteiger partial charge on any atom is 0.319 e. The molecule has 0 aromatic heterocycles. The fraction of sp³-hybridized carbons (Fsp3) is 0.308. The predicted octanol–water partition coefficient (Wildman–Crippen LogP) is 1.68. The number of rotatable bonds is 4. The van der Waals surface area contributed by atoms with E-state index in [0.29, 0.717) is 12.8 Å². The highest BCUT2D eigenvalue weighted by molar-refractivity contribution is 5.90. The number of carboxylic acid groups (broad SMARTS) is 1. The Morgan fingerprint density at radius 3 is 2.65 bits per heavy atom. The van der Waals surface area contributed by atoms with Crippen LogP contribution < -0.4 is 10.6 Å². The van der Waals surface area contributed by atoms with Gasteiger partial charge in [0, 0.05) is 6.54 Å². The van der Waals surface area contributed by atoms with Crippen molar-refractivity contribution in [1.29, 1.82) is 5.26 Å². The van der Waals surface area contributed by atoms with E-state index in [-0.39, 0.29) is 17.8 Å². The normalized spacial score (nSPS) is 15.0. The van der Waals surface area contributed by atoms with Crippen molar-refractivity contribution in [1.82, 2.24) is 5.32 Å². The molecule has 1 saturated carbocycles. The van der Waals surface area contributed by atoms with Crippen LogP contribution in [0.5, 0.6) is 0 Å². The highest BCUT2D eigenvalue weighted by Crippen LogP contribution is 2.45. The number of nitrogens with zero attached hydrogens (tertiary/aromatic N) is 1. The van der Waals surface area contributed by atoms with Crippen molar-refractivity contribution < 1.29 is 19.1 Å². The molecule has 2 amide bonds. The minimum atomic E-state index is -0.942. The minimum absolute atomic E-state index is 0.00602. The smallest absolute Gasteiger partial charge is 0.319 e. The van der Waals surface area contributed by atoms with Crippen molar-refractivity contribution >= 4 is 17.7 Å². The molecular weight excluding hydrogens is 265 g/mol. The third-order valence-corrected chi connectivity index (χ3v) is 3.24. The number of carboxylic acids is 1. The van der Waals surface area contributed by atoms with Crippen LogP contribution in [0.1, 0.15) is 18.4 Å². The number of hydrogen-bond acceptors (Lipinski definition) is 3. The number of nitriles is 1. The number of anilines is 1. The lowest BCUT2D eigenvalue weighted by Crippen LogP contribution is -2.37. The molecule has 1 aliphatic rings. The molecule has 1 aromatic rings. The lowest BCUT2D eigenvalue weighted by atomic mass is 10.1. The number of urea groups is 1. The molecule has 0 bridgehead atoms. The van der Waals surface area contributed by atoms with Crippen molar-refractivity contribution in [2.75, 3.05) is 11.9 Å². The van der Waals surface area contributed by atoms with Gasteiger partial charge < -0.3 is 15.7 Å². The van der Waals surface area contributed by atoms with E-state index in [9.17, 15) is 14.0 Å². The molecule has 2 rings (SSSR count). The Morgan fingerprint density at radius 2 is 2.15 bits per heavy atom. The number of benzene rings is 1. The molecule has 6 nitrogen and oxygen atoms in total. The number of halogens is 1. The standard InChI is InChI=1S/C13H12FN3O3/c14-9-5-8(6-15)1-2-10(9)17-12(20)16-7-13(3-4-13)11(18)19/h1-2,5H,3-4,7H2,(H,18,19)(H2,16,17,20). The van der Waals surface area contributed by atoms with E-state index in [0.717, 1.165) is 6.07 Å². The Kier molecular flexibility index (Phi) is 3.57. The van der Waals surface area contributed by atoms with Gasteiger partial charge in [-0.15, -0.1) is 0 Å². The zero-order valence-electron chi connectivity index (χ0n) is 10.4. The number of carbonyl (C=O) groups excluding carboxylic acids is 1. The quantitative estimate of drug-likeness (QED) is 0.779. The van der Waals surface area contributed by atoms with Gasteiger partial charge in [-0.1, -0.05) is 0 Å². The molecule has 0 spiro atoms. The van der Waals surface area contributed by atoms with Gasteiger partial charge in [-0.05, 0) is 31.0 Å². The van der Waals surface area contributed by atoms with E-state index in [4.69, 9.17) is 10.4 Å². The molecule has 7 heteroatoms. The lowest BCUT2D eigenvalue weighted by Gasteiger charge is -2.12. The van der Waals surface area contributed by atoms with Crippen LogP contribution in [0, 0.1) is 22.6 Å². The third-order valence-electron chi connectivity index (χ3n) is 3.24. The SMILES string of the molecule is N#Cc1ccc(NC(=O)NCC2(C(=O)O)CC2)c(F)c1. The summed E-state index contributed by atoms with van der Waals surface area (Å²) in [6, 6.07) is 4.76. The summed E-state index contributed by atoms with van der Waals surface area (Å²) in [6.07, 6.45) is 1.04.